The van der Waals surface area contributed by atoms with E-state index in [1.54, 1.807) is 13.1 Å². The van der Waals surface area contributed by atoms with Gasteiger partial charge in [0.05, 0.1) is 5.57 Å². The Kier molecular flexibility index (Phi) is 5.00. The van der Waals surface area contributed by atoms with Gasteiger partial charge in [-0.05, 0) is 49.6 Å². The van der Waals surface area contributed by atoms with Crippen LogP contribution in [0, 0.1) is 20.8 Å². The molecule has 0 saturated heterocycles. The second-order valence-corrected chi connectivity index (χ2v) is 7.62. The van der Waals surface area contributed by atoms with Crippen LogP contribution in [0.25, 0.3) is 11.3 Å². The second-order valence-electron chi connectivity index (χ2n) is 7.62. The summed E-state index contributed by atoms with van der Waals surface area (Å²) >= 11 is 0. The summed E-state index contributed by atoms with van der Waals surface area (Å²) in [5, 5.41) is 0. The van der Waals surface area contributed by atoms with E-state index < -0.39 is 6.09 Å². The van der Waals surface area contributed by atoms with Gasteiger partial charge in [-0.3, -0.25) is 9.69 Å². The molecule has 1 amide bonds. The van der Waals surface area contributed by atoms with Crippen LogP contribution >= 0.6 is 0 Å². The van der Waals surface area contributed by atoms with Gasteiger partial charge in [0, 0.05) is 23.9 Å². The van der Waals surface area contributed by atoms with Crippen LogP contribution < -0.4 is 4.90 Å². The Morgan fingerprint density at radius 1 is 0.833 bits per heavy atom. The Bertz CT molecular complexity index is 1170. The van der Waals surface area contributed by atoms with E-state index in [0.717, 1.165) is 22.3 Å². The molecule has 3 aromatic rings. The standard InChI is InChI=1S/C26H23NO3/c1-16-14-17(2)22(18(3)15-16)23-24(28)20-12-8-9-13-21(20)25(23)30-26(29)27(4)19-10-6-5-7-11-19/h5-15H,1-4H3. The number of para-hydroxylation sites is 1. The zero-order valence-electron chi connectivity index (χ0n) is 17.5. The summed E-state index contributed by atoms with van der Waals surface area (Å²) in [7, 11) is 1.66. The molecule has 3 aromatic carbocycles. The number of fused-ring (bicyclic) bond motifs is 1. The van der Waals surface area contributed by atoms with Crippen LogP contribution in [0.3, 0.4) is 0 Å². The number of carbonyl (C=O) groups is 2. The minimum atomic E-state index is -0.541. The van der Waals surface area contributed by atoms with Crippen molar-refractivity contribution < 1.29 is 14.3 Å². The van der Waals surface area contributed by atoms with Crippen LogP contribution in [0.4, 0.5) is 10.5 Å². The summed E-state index contributed by atoms with van der Waals surface area (Å²) in [4.78, 5) is 27.8. The fourth-order valence-electron chi connectivity index (χ4n) is 4.07. The maximum atomic E-state index is 13.4. The quantitative estimate of drug-likeness (QED) is 0.549. The molecule has 4 heteroatoms. The lowest BCUT2D eigenvalue weighted by Gasteiger charge is -2.19. The first-order chi connectivity index (χ1) is 14.4. The summed E-state index contributed by atoms with van der Waals surface area (Å²) in [6.07, 6.45) is -0.541. The molecule has 30 heavy (non-hydrogen) atoms. The molecule has 0 bridgehead atoms. The van der Waals surface area contributed by atoms with Crippen molar-refractivity contribution in [3.8, 4) is 0 Å². The van der Waals surface area contributed by atoms with Crippen molar-refractivity contribution in [1.29, 1.82) is 0 Å². The largest absolute Gasteiger partial charge is 0.419 e. The van der Waals surface area contributed by atoms with E-state index in [9.17, 15) is 9.59 Å². The number of carbonyl (C=O) groups excluding carboxylic acids is 2. The van der Waals surface area contributed by atoms with Crippen LogP contribution in [0.2, 0.25) is 0 Å². The number of allylic oxidation sites excluding steroid dienone is 1. The maximum Gasteiger partial charge on any atom is 0.419 e. The first-order valence-electron chi connectivity index (χ1n) is 9.85. The Morgan fingerprint density at radius 3 is 2.03 bits per heavy atom. The lowest BCUT2D eigenvalue weighted by atomic mass is 9.92. The van der Waals surface area contributed by atoms with E-state index in [4.69, 9.17) is 4.74 Å². The number of anilines is 1. The molecule has 4 rings (SSSR count). The van der Waals surface area contributed by atoms with E-state index in [1.807, 2.05) is 81.4 Å². The van der Waals surface area contributed by atoms with Gasteiger partial charge in [-0.2, -0.15) is 0 Å². The molecule has 0 aliphatic heterocycles. The minimum Gasteiger partial charge on any atom is -0.408 e. The highest BCUT2D eigenvalue weighted by Gasteiger charge is 2.35. The molecule has 0 atom stereocenters. The third-order valence-electron chi connectivity index (χ3n) is 5.40. The van der Waals surface area contributed by atoms with E-state index in [2.05, 4.69) is 0 Å². The summed E-state index contributed by atoms with van der Waals surface area (Å²) in [5.41, 5.74) is 6.27. The molecule has 0 spiro atoms. The zero-order chi connectivity index (χ0) is 21.4. The molecular weight excluding hydrogens is 374 g/mol. The monoisotopic (exact) mass is 397 g/mol. The molecule has 0 unspecified atom stereocenters. The molecule has 1 aliphatic carbocycles. The average Bonchev–Trinajstić information content (AvgIpc) is 3.00. The van der Waals surface area contributed by atoms with Crippen molar-refractivity contribution in [2.24, 2.45) is 0 Å². The van der Waals surface area contributed by atoms with Crippen molar-refractivity contribution in [1.82, 2.24) is 0 Å². The van der Waals surface area contributed by atoms with Crippen molar-refractivity contribution in [2.45, 2.75) is 20.8 Å². The first-order valence-corrected chi connectivity index (χ1v) is 9.85. The van der Waals surface area contributed by atoms with Gasteiger partial charge in [-0.25, -0.2) is 4.79 Å². The summed E-state index contributed by atoms with van der Waals surface area (Å²) in [5.74, 6) is 0.198. The van der Waals surface area contributed by atoms with E-state index >= 15 is 0 Å². The highest BCUT2D eigenvalue weighted by atomic mass is 16.6. The fourth-order valence-corrected chi connectivity index (χ4v) is 4.07. The number of hydrogen-bond acceptors (Lipinski definition) is 3. The van der Waals surface area contributed by atoms with Crippen LogP contribution in [-0.2, 0) is 4.74 Å². The van der Waals surface area contributed by atoms with E-state index in [1.165, 1.54) is 4.90 Å². The lowest BCUT2D eigenvalue weighted by Crippen LogP contribution is -2.26. The molecule has 0 heterocycles. The number of ketones is 1. The van der Waals surface area contributed by atoms with E-state index in [0.29, 0.717) is 28.1 Å². The van der Waals surface area contributed by atoms with Gasteiger partial charge in [0.1, 0.15) is 0 Å². The van der Waals surface area contributed by atoms with Crippen LogP contribution in [0.1, 0.15) is 38.2 Å². The van der Waals surface area contributed by atoms with Gasteiger partial charge in [0.2, 0.25) is 0 Å². The Balaban J connectivity index is 1.84. The highest BCUT2D eigenvalue weighted by molar-refractivity contribution is 6.39. The van der Waals surface area contributed by atoms with E-state index in [-0.39, 0.29) is 5.78 Å². The average molecular weight is 397 g/mol. The highest BCUT2D eigenvalue weighted by Crippen LogP contribution is 2.41. The predicted molar refractivity (Wildman–Crippen MR) is 120 cm³/mol. The number of aryl methyl sites for hydroxylation is 3. The Morgan fingerprint density at radius 2 is 1.40 bits per heavy atom. The molecule has 0 fully saturated rings. The number of rotatable bonds is 3. The number of Topliss-reactive ketones (excluding diaryl/α,β-unsaturated/α-hetero) is 1. The molecule has 1 aliphatic rings. The topological polar surface area (TPSA) is 46.6 Å². The van der Waals surface area contributed by atoms with Gasteiger partial charge in [-0.1, -0.05) is 60.2 Å². The Hall–Kier alpha value is -3.66. The smallest absolute Gasteiger partial charge is 0.408 e. The number of ether oxygens (including phenoxy) is 1. The molecule has 4 nitrogen and oxygen atoms in total. The van der Waals surface area contributed by atoms with Crippen molar-refractivity contribution in [3.63, 3.8) is 0 Å². The van der Waals surface area contributed by atoms with Gasteiger partial charge >= 0.3 is 6.09 Å². The predicted octanol–water partition coefficient (Wildman–Crippen LogP) is 5.95. The van der Waals surface area contributed by atoms with Gasteiger partial charge in [0.15, 0.2) is 11.5 Å². The molecule has 0 radical (unpaired) electrons. The van der Waals surface area contributed by atoms with Crippen molar-refractivity contribution in [2.75, 3.05) is 11.9 Å². The Labute approximate surface area is 176 Å². The lowest BCUT2D eigenvalue weighted by molar-refractivity contribution is 0.105. The molecule has 0 N–H and O–H groups in total. The minimum absolute atomic E-state index is 0.120. The summed E-state index contributed by atoms with van der Waals surface area (Å²) in [6.45, 7) is 5.99. The van der Waals surface area contributed by atoms with Crippen LogP contribution in [-0.4, -0.2) is 18.9 Å². The third kappa shape index (κ3) is 3.30. The number of benzene rings is 3. The van der Waals surface area contributed by atoms with Crippen molar-refractivity contribution >= 4 is 28.9 Å². The van der Waals surface area contributed by atoms with Gasteiger partial charge in [-0.15, -0.1) is 0 Å². The molecule has 150 valence electrons. The first kappa shape index (κ1) is 19.6. The summed E-state index contributed by atoms with van der Waals surface area (Å²) < 4.78 is 5.88. The second kappa shape index (κ2) is 7.64. The number of hydrogen-bond donors (Lipinski definition) is 0. The SMILES string of the molecule is Cc1cc(C)c(C2=C(OC(=O)N(C)c3ccccc3)c3ccccc3C2=O)c(C)c1. The third-order valence-corrected chi connectivity index (χ3v) is 5.40. The molecule has 0 aromatic heterocycles. The summed E-state index contributed by atoms with van der Waals surface area (Å²) in [6, 6.07) is 20.6. The number of amides is 1. The van der Waals surface area contributed by atoms with Crippen LogP contribution in [0.15, 0.2) is 66.7 Å². The fraction of sp³-hybridized carbons (Fsp3) is 0.154. The van der Waals surface area contributed by atoms with Gasteiger partial charge in [0.25, 0.3) is 0 Å². The van der Waals surface area contributed by atoms with Crippen LogP contribution in [0.5, 0.6) is 0 Å². The molecule has 0 saturated carbocycles. The van der Waals surface area contributed by atoms with Crippen molar-refractivity contribution in [3.05, 3.63) is 100 Å². The van der Waals surface area contributed by atoms with Gasteiger partial charge < -0.3 is 4.74 Å². The number of nitrogens with zero attached hydrogens (tertiary/aromatic N) is 1. The normalized spacial score (nSPS) is 12.7. The zero-order valence-corrected chi connectivity index (χ0v) is 17.5. The molecular formula is C26H23NO3. The maximum absolute atomic E-state index is 13.4.